The van der Waals surface area contributed by atoms with Gasteiger partial charge in [0.05, 0.1) is 19.3 Å². The normalized spacial score (nSPS) is 16.5. The van der Waals surface area contributed by atoms with Crippen LogP contribution in [0.4, 0.5) is 5.69 Å². The summed E-state index contributed by atoms with van der Waals surface area (Å²) in [6.45, 7) is 4.22. The number of carbonyl (C=O) groups is 2. The summed E-state index contributed by atoms with van der Waals surface area (Å²) in [5.41, 5.74) is 1.30. The summed E-state index contributed by atoms with van der Waals surface area (Å²) in [6.07, 6.45) is 1.06. The minimum Gasteiger partial charge on any atom is -0.494 e. The first kappa shape index (κ1) is 19.9. The zero-order chi connectivity index (χ0) is 19.8. The molecule has 28 heavy (non-hydrogen) atoms. The number of hydrogen-bond donors (Lipinski definition) is 1. The first-order valence-electron chi connectivity index (χ1n) is 9.60. The standard InChI is InChI=1S/C22H26N2O4/c1-17-16-24(13-15-27-17)22(26)18-9-11-19(12-10-18)23-21(25)8-5-14-28-20-6-3-2-4-7-20/h2-4,6-7,9-12,17H,5,8,13-16H2,1H3,(H,23,25). The van der Waals surface area contributed by atoms with E-state index in [0.717, 1.165) is 5.75 Å². The smallest absolute Gasteiger partial charge is 0.254 e. The lowest BCUT2D eigenvalue weighted by atomic mass is 10.1. The number of nitrogens with one attached hydrogen (secondary N) is 1. The van der Waals surface area contributed by atoms with Crippen molar-refractivity contribution in [3.8, 4) is 5.75 Å². The Morgan fingerprint density at radius 2 is 1.89 bits per heavy atom. The lowest BCUT2D eigenvalue weighted by molar-refractivity contribution is -0.116. The molecule has 0 aromatic heterocycles. The van der Waals surface area contributed by atoms with Gasteiger partial charge in [0.1, 0.15) is 5.75 Å². The van der Waals surface area contributed by atoms with Crippen molar-refractivity contribution >= 4 is 17.5 Å². The molecule has 1 N–H and O–H groups in total. The van der Waals surface area contributed by atoms with E-state index in [2.05, 4.69) is 5.32 Å². The fourth-order valence-electron chi connectivity index (χ4n) is 3.04. The maximum Gasteiger partial charge on any atom is 0.254 e. The number of ether oxygens (including phenoxy) is 2. The first-order valence-corrected chi connectivity index (χ1v) is 9.60. The van der Waals surface area contributed by atoms with Gasteiger partial charge in [0.25, 0.3) is 5.91 Å². The number of morpholine rings is 1. The largest absolute Gasteiger partial charge is 0.494 e. The van der Waals surface area contributed by atoms with E-state index in [-0.39, 0.29) is 17.9 Å². The molecule has 2 aromatic carbocycles. The maximum atomic E-state index is 12.5. The quantitative estimate of drug-likeness (QED) is 0.746. The van der Waals surface area contributed by atoms with Crippen LogP contribution in [0.5, 0.6) is 5.75 Å². The van der Waals surface area contributed by atoms with Gasteiger partial charge in [-0.15, -0.1) is 0 Å². The molecule has 6 heteroatoms. The molecule has 6 nitrogen and oxygen atoms in total. The third-order valence-electron chi connectivity index (χ3n) is 4.50. The molecular formula is C22H26N2O4. The van der Waals surface area contributed by atoms with Gasteiger partial charge in [-0.3, -0.25) is 9.59 Å². The van der Waals surface area contributed by atoms with Crippen LogP contribution in [0, 0.1) is 0 Å². The molecule has 1 aliphatic heterocycles. The van der Waals surface area contributed by atoms with E-state index in [4.69, 9.17) is 9.47 Å². The van der Waals surface area contributed by atoms with E-state index in [0.29, 0.717) is 50.4 Å². The van der Waals surface area contributed by atoms with E-state index in [1.54, 1.807) is 29.2 Å². The monoisotopic (exact) mass is 382 g/mol. The van der Waals surface area contributed by atoms with Crippen LogP contribution in [0.2, 0.25) is 0 Å². The number of amides is 2. The van der Waals surface area contributed by atoms with Crippen molar-refractivity contribution in [1.82, 2.24) is 4.90 Å². The predicted molar refractivity (Wildman–Crippen MR) is 108 cm³/mol. The predicted octanol–water partition coefficient (Wildman–Crippen LogP) is 3.35. The summed E-state index contributed by atoms with van der Waals surface area (Å²) in [4.78, 5) is 26.4. The number of hydrogen-bond acceptors (Lipinski definition) is 4. The number of rotatable bonds is 7. The van der Waals surface area contributed by atoms with E-state index in [1.165, 1.54) is 0 Å². The molecule has 1 aliphatic rings. The molecule has 0 aliphatic carbocycles. The highest BCUT2D eigenvalue weighted by Crippen LogP contribution is 2.15. The van der Waals surface area contributed by atoms with Crippen LogP contribution in [0.15, 0.2) is 54.6 Å². The zero-order valence-electron chi connectivity index (χ0n) is 16.1. The molecule has 1 atom stereocenters. The Labute approximate surface area is 165 Å². The third kappa shape index (κ3) is 5.82. The molecule has 1 saturated heterocycles. The minimum atomic E-state index is -0.0715. The van der Waals surface area contributed by atoms with Crippen LogP contribution in [-0.2, 0) is 9.53 Å². The number of benzene rings is 2. The second kappa shape index (κ2) is 9.90. The summed E-state index contributed by atoms with van der Waals surface area (Å²) in [6, 6.07) is 16.5. The van der Waals surface area contributed by atoms with Crippen molar-refractivity contribution in [2.75, 3.05) is 31.6 Å². The van der Waals surface area contributed by atoms with Crippen molar-refractivity contribution in [2.45, 2.75) is 25.9 Å². The fraction of sp³-hybridized carbons (Fsp3) is 0.364. The van der Waals surface area contributed by atoms with Gasteiger partial charge < -0.3 is 19.7 Å². The Kier molecular flexibility index (Phi) is 7.03. The fourth-order valence-corrected chi connectivity index (χ4v) is 3.04. The number of carbonyl (C=O) groups excluding carboxylic acids is 2. The van der Waals surface area contributed by atoms with Gasteiger partial charge in [0.2, 0.25) is 5.91 Å². The van der Waals surface area contributed by atoms with Crippen molar-refractivity contribution in [2.24, 2.45) is 0 Å². The first-order chi connectivity index (χ1) is 13.6. The van der Waals surface area contributed by atoms with E-state index >= 15 is 0 Å². The minimum absolute atomic E-state index is 0.00825. The molecule has 148 valence electrons. The van der Waals surface area contributed by atoms with Crippen LogP contribution in [0.3, 0.4) is 0 Å². The second-order valence-corrected chi connectivity index (χ2v) is 6.82. The van der Waals surface area contributed by atoms with Gasteiger partial charge in [-0.25, -0.2) is 0 Å². The van der Waals surface area contributed by atoms with E-state index in [9.17, 15) is 9.59 Å². The lowest BCUT2D eigenvalue weighted by Crippen LogP contribution is -2.44. The third-order valence-corrected chi connectivity index (χ3v) is 4.50. The molecule has 0 saturated carbocycles. The zero-order valence-corrected chi connectivity index (χ0v) is 16.1. The highest BCUT2D eigenvalue weighted by atomic mass is 16.5. The van der Waals surface area contributed by atoms with Crippen LogP contribution >= 0.6 is 0 Å². The SMILES string of the molecule is CC1CN(C(=O)c2ccc(NC(=O)CCCOc3ccccc3)cc2)CCO1. The highest BCUT2D eigenvalue weighted by molar-refractivity contribution is 5.95. The molecule has 1 fully saturated rings. The van der Waals surface area contributed by atoms with Crippen molar-refractivity contribution in [1.29, 1.82) is 0 Å². The molecule has 2 amide bonds. The van der Waals surface area contributed by atoms with Gasteiger partial charge in [-0.05, 0) is 49.7 Å². The summed E-state index contributed by atoms with van der Waals surface area (Å²) in [5, 5.41) is 2.85. The van der Waals surface area contributed by atoms with Crippen LogP contribution < -0.4 is 10.1 Å². The summed E-state index contributed by atoms with van der Waals surface area (Å²) in [5.74, 6) is 0.724. The summed E-state index contributed by atoms with van der Waals surface area (Å²) in [7, 11) is 0. The van der Waals surface area contributed by atoms with Gasteiger partial charge in [0, 0.05) is 30.8 Å². The molecule has 1 heterocycles. The highest BCUT2D eigenvalue weighted by Gasteiger charge is 2.22. The molecular weight excluding hydrogens is 356 g/mol. The molecule has 1 unspecified atom stereocenters. The molecule has 2 aromatic rings. The number of para-hydroxylation sites is 1. The van der Waals surface area contributed by atoms with Gasteiger partial charge in [0.15, 0.2) is 0 Å². The Bertz CT molecular complexity index is 777. The molecule has 0 spiro atoms. The molecule has 0 radical (unpaired) electrons. The topological polar surface area (TPSA) is 67.9 Å². The Balaban J connectivity index is 1.42. The maximum absolute atomic E-state index is 12.5. The van der Waals surface area contributed by atoms with E-state index < -0.39 is 0 Å². The van der Waals surface area contributed by atoms with Crippen LogP contribution in [0.25, 0.3) is 0 Å². The number of anilines is 1. The van der Waals surface area contributed by atoms with Crippen molar-refractivity contribution in [3.63, 3.8) is 0 Å². The van der Waals surface area contributed by atoms with Gasteiger partial charge >= 0.3 is 0 Å². The summed E-state index contributed by atoms with van der Waals surface area (Å²) >= 11 is 0. The van der Waals surface area contributed by atoms with Crippen molar-refractivity contribution < 1.29 is 19.1 Å². The Hall–Kier alpha value is -2.86. The average Bonchev–Trinajstić information content (AvgIpc) is 2.72. The molecule has 0 bridgehead atoms. The number of nitrogens with zero attached hydrogens (tertiary/aromatic N) is 1. The van der Waals surface area contributed by atoms with Crippen molar-refractivity contribution in [3.05, 3.63) is 60.2 Å². The lowest BCUT2D eigenvalue weighted by Gasteiger charge is -2.31. The Morgan fingerprint density at radius 3 is 2.61 bits per heavy atom. The van der Waals surface area contributed by atoms with Crippen LogP contribution in [0.1, 0.15) is 30.1 Å². The average molecular weight is 382 g/mol. The summed E-state index contributed by atoms with van der Waals surface area (Å²) < 4.78 is 11.1. The molecule has 3 rings (SSSR count). The van der Waals surface area contributed by atoms with Gasteiger partial charge in [-0.2, -0.15) is 0 Å². The van der Waals surface area contributed by atoms with Gasteiger partial charge in [-0.1, -0.05) is 18.2 Å². The van der Waals surface area contributed by atoms with Crippen LogP contribution in [-0.4, -0.2) is 49.1 Å². The second-order valence-electron chi connectivity index (χ2n) is 6.82. The van der Waals surface area contributed by atoms with E-state index in [1.807, 2.05) is 37.3 Å². The Morgan fingerprint density at radius 1 is 1.14 bits per heavy atom.